The molecule has 0 aliphatic heterocycles. The number of aromatic amines is 2. The van der Waals surface area contributed by atoms with Crippen molar-refractivity contribution in [3.8, 4) is 33.5 Å². The average molecular weight is 510 g/mol. The van der Waals surface area contributed by atoms with E-state index in [-0.39, 0.29) is 5.56 Å². The molecule has 0 aliphatic rings. The van der Waals surface area contributed by atoms with E-state index in [1.54, 1.807) is 6.20 Å². The number of fused-ring (bicyclic) bond motifs is 2. The Kier molecular flexibility index (Phi) is 5.30. The third kappa shape index (κ3) is 3.95. The van der Waals surface area contributed by atoms with Gasteiger partial charge in [0.25, 0.3) is 5.56 Å². The summed E-state index contributed by atoms with van der Waals surface area (Å²) in [5, 5.41) is 16.5. The molecule has 0 fully saturated rings. The number of hydrogen-bond acceptors (Lipinski definition) is 5. The summed E-state index contributed by atoms with van der Waals surface area (Å²) in [6.07, 6.45) is 1.76. The molecule has 3 N–H and O–H groups in total. The summed E-state index contributed by atoms with van der Waals surface area (Å²) in [5.41, 5.74) is 6.73. The van der Waals surface area contributed by atoms with E-state index >= 15 is 0 Å². The van der Waals surface area contributed by atoms with Crippen LogP contribution < -0.4 is 10.9 Å². The number of aromatic nitrogens is 6. The smallest absolute Gasteiger partial charge is 0.284 e. The Morgan fingerprint density at radius 1 is 0.795 bits per heavy atom. The van der Waals surface area contributed by atoms with Crippen molar-refractivity contribution in [1.82, 2.24) is 29.8 Å². The molecule has 0 aliphatic carbocycles. The zero-order chi connectivity index (χ0) is 26.3. The molecule has 0 radical (unpaired) electrons. The van der Waals surface area contributed by atoms with E-state index in [0.717, 1.165) is 44.5 Å². The van der Waals surface area contributed by atoms with Crippen molar-refractivity contribution >= 4 is 28.2 Å². The van der Waals surface area contributed by atoms with Crippen LogP contribution in [0.2, 0.25) is 0 Å². The predicted molar refractivity (Wildman–Crippen MR) is 154 cm³/mol. The van der Waals surface area contributed by atoms with Crippen molar-refractivity contribution in [2.75, 3.05) is 5.32 Å². The summed E-state index contributed by atoms with van der Waals surface area (Å²) in [5.74, 6) is 1.12. The minimum Gasteiger partial charge on any atom is -0.325 e. The van der Waals surface area contributed by atoms with Crippen molar-refractivity contribution in [2.45, 2.75) is 6.92 Å². The van der Waals surface area contributed by atoms with Crippen LogP contribution in [0.4, 0.5) is 11.6 Å². The Hall–Kier alpha value is -5.50. The van der Waals surface area contributed by atoms with Crippen LogP contribution in [0.1, 0.15) is 5.69 Å². The standard InChI is InChI=1S/C31H23N7O/c1-19-17-25(36-35-19)33-29-27(23-14-15-24-22(18-23)13-8-16-32-24)31(39)38-30(34-29)26(20-9-4-2-5-10-20)28(37-38)21-11-6-3-7-12-21/h2-18,34H,1H3,(H2,33,35,36). The van der Waals surface area contributed by atoms with Gasteiger partial charge in [0, 0.05) is 28.9 Å². The lowest BCUT2D eigenvalue weighted by Crippen LogP contribution is -2.19. The lowest BCUT2D eigenvalue weighted by atomic mass is 10.0. The van der Waals surface area contributed by atoms with E-state index < -0.39 is 0 Å². The molecule has 8 heteroatoms. The Bertz CT molecular complexity index is 2020. The summed E-state index contributed by atoms with van der Waals surface area (Å²) in [7, 11) is 0. The molecule has 0 saturated carbocycles. The van der Waals surface area contributed by atoms with Crippen LogP contribution in [-0.2, 0) is 0 Å². The summed E-state index contributed by atoms with van der Waals surface area (Å²) in [4.78, 5) is 22.3. The Balaban J connectivity index is 1.55. The van der Waals surface area contributed by atoms with E-state index in [1.165, 1.54) is 4.52 Å². The van der Waals surface area contributed by atoms with Crippen molar-refractivity contribution < 1.29 is 0 Å². The van der Waals surface area contributed by atoms with Crippen LogP contribution in [0.5, 0.6) is 0 Å². The number of pyridine rings is 1. The highest BCUT2D eigenvalue weighted by atomic mass is 16.1. The lowest BCUT2D eigenvalue weighted by Gasteiger charge is -2.12. The number of anilines is 2. The van der Waals surface area contributed by atoms with Crippen molar-refractivity contribution in [2.24, 2.45) is 0 Å². The van der Waals surface area contributed by atoms with Gasteiger partial charge in [-0.3, -0.25) is 14.9 Å². The van der Waals surface area contributed by atoms with Gasteiger partial charge in [-0.2, -0.15) is 14.7 Å². The lowest BCUT2D eigenvalue weighted by molar-refractivity contribution is 0.907. The molecule has 0 amide bonds. The van der Waals surface area contributed by atoms with Crippen LogP contribution in [0, 0.1) is 6.92 Å². The van der Waals surface area contributed by atoms with Crippen LogP contribution in [0.15, 0.2) is 108 Å². The zero-order valence-corrected chi connectivity index (χ0v) is 21.0. The second-order valence-electron chi connectivity index (χ2n) is 9.37. The molecule has 4 aromatic heterocycles. The van der Waals surface area contributed by atoms with Gasteiger partial charge in [-0.25, -0.2) is 0 Å². The molecule has 0 spiro atoms. The third-order valence-electron chi connectivity index (χ3n) is 6.75. The van der Waals surface area contributed by atoms with Crippen molar-refractivity contribution in [3.05, 3.63) is 119 Å². The van der Waals surface area contributed by atoms with Gasteiger partial charge in [0.2, 0.25) is 0 Å². The Morgan fingerprint density at radius 3 is 2.31 bits per heavy atom. The van der Waals surface area contributed by atoms with Crippen LogP contribution >= 0.6 is 0 Å². The molecule has 7 aromatic rings. The summed E-state index contributed by atoms with van der Waals surface area (Å²) >= 11 is 0. The van der Waals surface area contributed by atoms with Gasteiger partial charge in [0.05, 0.1) is 16.6 Å². The Morgan fingerprint density at radius 2 is 1.56 bits per heavy atom. The SMILES string of the molecule is Cc1cc(Nc2[nH]c3c(-c4ccccc4)c(-c4ccccc4)nn3c(=O)c2-c2ccc3ncccc3c2)n[nH]1. The van der Waals surface area contributed by atoms with Crippen LogP contribution in [0.25, 0.3) is 50.1 Å². The van der Waals surface area contributed by atoms with E-state index in [9.17, 15) is 4.79 Å². The fourth-order valence-electron chi connectivity index (χ4n) is 4.95. The minimum absolute atomic E-state index is 0.249. The fraction of sp³-hybridized carbons (Fsp3) is 0.0323. The van der Waals surface area contributed by atoms with E-state index in [4.69, 9.17) is 5.10 Å². The quantitative estimate of drug-likeness (QED) is 0.251. The van der Waals surface area contributed by atoms with Gasteiger partial charge in [-0.1, -0.05) is 72.8 Å². The maximum absolute atomic E-state index is 14.3. The monoisotopic (exact) mass is 509 g/mol. The number of hydrogen-bond donors (Lipinski definition) is 3. The summed E-state index contributed by atoms with van der Waals surface area (Å²) < 4.78 is 1.47. The fourth-order valence-corrected chi connectivity index (χ4v) is 4.95. The number of aryl methyl sites for hydroxylation is 1. The second kappa shape index (κ2) is 9.11. The van der Waals surface area contributed by atoms with Crippen LogP contribution in [-0.4, -0.2) is 29.8 Å². The van der Waals surface area contributed by atoms with E-state index in [1.807, 2.05) is 104 Å². The zero-order valence-electron chi connectivity index (χ0n) is 21.0. The molecule has 8 nitrogen and oxygen atoms in total. The number of rotatable bonds is 5. The first kappa shape index (κ1) is 22.7. The van der Waals surface area contributed by atoms with Gasteiger partial charge in [-0.05, 0) is 36.2 Å². The molecule has 0 unspecified atom stereocenters. The normalized spacial score (nSPS) is 11.3. The highest BCUT2D eigenvalue weighted by Gasteiger charge is 2.23. The molecule has 0 saturated heterocycles. The van der Waals surface area contributed by atoms with Gasteiger partial charge < -0.3 is 10.3 Å². The van der Waals surface area contributed by atoms with E-state index in [0.29, 0.717) is 22.8 Å². The first-order chi connectivity index (χ1) is 19.2. The summed E-state index contributed by atoms with van der Waals surface area (Å²) in [6, 6.07) is 31.5. The van der Waals surface area contributed by atoms with Gasteiger partial charge >= 0.3 is 0 Å². The molecule has 188 valence electrons. The molecule has 0 bridgehead atoms. The van der Waals surface area contributed by atoms with Gasteiger partial charge in [0.1, 0.15) is 17.2 Å². The van der Waals surface area contributed by atoms with E-state index in [2.05, 4.69) is 25.5 Å². The largest absolute Gasteiger partial charge is 0.325 e. The minimum atomic E-state index is -0.249. The molecule has 7 rings (SSSR count). The molecule has 3 aromatic carbocycles. The number of nitrogens with one attached hydrogen (secondary N) is 3. The highest BCUT2D eigenvalue weighted by molar-refractivity contribution is 5.93. The van der Waals surface area contributed by atoms with Crippen molar-refractivity contribution in [1.29, 1.82) is 0 Å². The molecule has 39 heavy (non-hydrogen) atoms. The number of nitrogens with zero attached hydrogens (tertiary/aromatic N) is 4. The predicted octanol–water partition coefficient (Wildman–Crippen LogP) is 6.35. The second-order valence-corrected chi connectivity index (χ2v) is 9.37. The third-order valence-corrected chi connectivity index (χ3v) is 6.75. The number of H-pyrrole nitrogens is 2. The number of benzene rings is 3. The molecule has 4 heterocycles. The van der Waals surface area contributed by atoms with Crippen molar-refractivity contribution in [3.63, 3.8) is 0 Å². The topological polar surface area (TPSA) is 104 Å². The highest BCUT2D eigenvalue weighted by Crippen LogP contribution is 2.36. The Labute approximate surface area is 223 Å². The summed E-state index contributed by atoms with van der Waals surface area (Å²) in [6.45, 7) is 1.93. The molecular formula is C31H23N7O. The van der Waals surface area contributed by atoms with Gasteiger partial charge in [0.15, 0.2) is 5.82 Å². The average Bonchev–Trinajstić information content (AvgIpc) is 3.57. The molecule has 0 atom stereocenters. The molecular weight excluding hydrogens is 486 g/mol. The first-order valence-corrected chi connectivity index (χ1v) is 12.6. The maximum atomic E-state index is 14.3. The maximum Gasteiger partial charge on any atom is 0.284 e. The van der Waals surface area contributed by atoms with Crippen LogP contribution in [0.3, 0.4) is 0 Å². The van der Waals surface area contributed by atoms with Gasteiger partial charge in [-0.15, -0.1) is 0 Å². The first-order valence-electron chi connectivity index (χ1n) is 12.6.